The van der Waals surface area contributed by atoms with Crippen LogP contribution in [0.3, 0.4) is 0 Å². The largest absolute Gasteiger partial charge is 0.457 e. The first-order chi connectivity index (χ1) is 15.5. The summed E-state index contributed by atoms with van der Waals surface area (Å²) in [6.45, 7) is 1.86. The second kappa shape index (κ2) is 10.1. The molecule has 2 aromatic carbocycles. The number of anilines is 1. The minimum absolute atomic E-state index is 0.259. The number of halogens is 2. The molecule has 0 aliphatic heterocycles. The average molecular weight is 485 g/mol. The average Bonchev–Trinajstić information content (AvgIpc) is 3.41. The first-order valence-corrected chi connectivity index (χ1v) is 11.4. The number of hydrogen-bond donors (Lipinski definition) is 2. The normalized spacial score (nSPS) is 11.2. The second-order valence-electron chi connectivity index (χ2n) is 6.84. The van der Waals surface area contributed by atoms with Gasteiger partial charge in [-0.1, -0.05) is 47.1 Å². The quantitative estimate of drug-likeness (QED) is 0.227. The zero-order valence-corrected chi connectivity index (χ0v) is 19.3. The molecule has 6 nitrogen and oxygen atoms in total. The van der Waals surface area contributed by atoms with E-state index in [0.29, 0.717) is 32.4 Å². The minimum Gasteiger partial charge on any atom is -0.457 e. The number of aromatic nitrogens is 3. The molecule has 0 spiro atoms. The molecule has 4 aromatic rings. The molecule has 0 radical (unpaired) electrons. The lowest BCUT2D eigenvalue weighted by Crippen LogP contribution is -2.07. The highest BCUT2D eigenvalue weighted by atomic mass is 35.5. The maximum absolute atomic E-state index is 12.3. The van der Waals surface area contributed by atoms with E-state index in [1.807, 2.05) is 31.2 Å². The van der Waals surface area contributed by atoms with Gasteiger partial charge in [0.15, 0.2) is 0 Å². The van der Waals surface area contributed by atoms with Crippen LogP contribution >= 0.6 is 35.0 Å². The van der Waals surface area contributed by atoms with Gasteiger partial charge in [-0.05, 0) is 61.0 Å². The van der Waals surface area contributed by atoms with E-state index in [2.05, 4.69) is 20.5 Å². The molecule has 0 saturated carbocycles. The third-order valence-electron chi connectivity index (χ3n) is 4.39. The number of amides is 1. The number of H-pyrrole nitrogens is 1. The summed E-state index contributed by atoms with van der Waals surface area (Å²) in [6.07, 6.45) is 3.02. The lowest BCUT2D eigenvalue weighted by molar-refractivity contribution is -0.111. The zero-order chi connectivity index (χ0) is 22.5. The van der Waals surface area contributed by atoms with Crippen molar-refractivity contribution in [3.05, 3.63) is 87.9 Å². The van der Waals surface area contributed by atoms with Crippen LogP contribution in [0.25, 0.3) is 17.4 Å². The van der Waals surface area contributed by atoms with E-state index in [9.17, 15) is 4.79 Å². The van der Waals surface area contributed by atoms with Gasteiger partial charge in [0.05, 0.1) is 5.02 Å². The molecule has 32 heavy (non-hydrogen) atoms. The lowest BCUT2D eigenvalue weighted by atomic mass is 10.2. The fourth-order valence-electron chi connectivity index (χ4n) is 2.84. The topological polar surface area (TPSA) is 83.8 Å². The Bertz CT molecular complexity index is 1270. The summed E-state index contributed by atoms with van der Waals surface area (Å²) in [4.78, 5) is 16.5. The van der Waals surface area contributed by atoms with Crippen LogP contribution in [0.5, 0.6) is 0 Å². The number of aromatic amines is 1. The molecule has 2 aromatic heterocycles. The first-order valence-electron chi connectivity index (χ1n) is 9.61. The van der Waals surface area contributed by atoms with Crippen molar-refractivity contribution in [3.8, 4) is 11.3 Å². The Morgan fingerprint density at radius 3 is 2.69 bits per heavy atom. The third kappa shape index (κ3) is 5.82. The molecule has 162 valence electrons. The van der Waals surface area contributed by atoms with Gasteiger partial charge in [0, 0.05) is 28.1 Å². The summed E-state index contributed by atoms with van der Waals surface area (Å²) in [5.74, 6) is 2.41. The van der Waals surface area contributed by atoms with Crippen LogP contribution in [0, 0.1) is 6.92 Å². The summed E-state index contributed by atoms with van der Waals surface area (Å²) in [5, 5.41) is 11.5. The number of benzene rings is 2. The Morgan fingerprint density at radius 1 is 1.16 bits per heavy atom. The number of carbonyl (C=O) groups is 1. The molecule has 0 aliphatic rings. The van der Waals surface area contributed by atoms with Gasteiger partial charge in [0.2, 0.25) is 11.1 Å². The Kier molecular flexibility index (Phi) is 6.99. The molecule has 1 amide bonds. The number of rotatable bonds is 7. The highest BCUT2D eigenvalue weighted by molar-refractivity contribution is 7.98. The van der Waals surface area contributed by atoms with Crippen molar-refractivity contribution in [2.75, 3.05) is 5.32 Å². The van der Waals surface area contributed by atoms with E-state index in [4.69, 9.17) is 27.6 Å². The van der Waals surface area contributed by atoms with Crippen molar-refractivity contribution in [3.63, 3.8) is 0 Å². The molecule has 0 saturated heterocycles. The van der Waals surface area contributed by atoms with Gasteiger partial charge in [-0.3, -0.25) is 9.89 Å². The summed E-state index contributed by atoms with van der Waals surface area (Å²) < 4.78 is 5.76. The van der Waals surface area contributed by atoms with E-state index in [0.717, 1.165) is 22.7 Å². The van der Waals surface area contributed by atoms with Crippen molar-refractivity contribution in [1.29, 1.82) is 0 Å². The van der Waals surface area contributed by atoms with Crippen molar-refractivity contribution in [2.45, 2.75) is 17.8 Å². The monoisotopic (exact) mass is 484 g/mol. The van der Waals surface area contributed by atoms with Crippen LogP contribution in [0.1, 0.15) is 17.1 Å². The summed E-state index contributed by atoms with van der Waals surface area (Å²) in [6, 6.07) is 16.4. The number of carbonyl (C=O) groups excluding carboxylic acids is 1. The highest BCUT2D eigenvalue weighted by Gasteiger charge is 2.09. The van der Waals surface area contributed by atoms with E-state index >= 15 is 0 Å². The van der Waals surface area contributed by atoms with Gasteiger partial charge in [-0.15, -0.1) is 5.10 Å². The van der Waals surface area contributed by atoms with Gasteiger partial charge in [-0.25, -0.2) is 4.98 Å². The molecular weight excluding hydrogens is 467 g/mol. The predicted octanol–water partition coefficient (Wildman–Crippen LogP) is 6.62. The molecule has 0 fully saturated rings. The van der Waals surface area contributed by atoms with Crippen LogP contribution < -0.4 is 5.32 Å². The van der Waals surface area contributed by atoms with Crippen molar-refractivity contribution in [2.24, 2.45) is 0 Å². The fraction of sp³-hybridized carbons (Fsp3) is 0.0870. The van der Waals surface area contributed by atoms with Crippen LogP contribution in [0.4, 0.5) is 5.69 Å². The molecule has 2 heterocycles. The van der Waals surface area contributed by atoms with Gasteiger partial charge >= 0.3 is 0 Å². The second-order valence-corrected chi connectivity index (χ2v) is 8.62. The minimum atomic E-state index is -0.259. The summed E-state index contributed by atoms with van der Waals surface area (Å²) >= 11 is 13.7. The van der Waals surface area contributed by atoms with E-state index in [-0.39, 0.29) is 5.91 Å². The van der Waals surface area contributed by atoms with Crippen LogP contribution in [-0.4, -0.2) is 21.1 Å². The molecule has 2 N–H and O–H groups in total. The highest BCUT2D eigenvalue weighted by Crippen LogP contribution is 2.31. The summed E-state index contributed by atoms with van der Waals surface area (Å²) in [7, 11) is 0. The van der Waals surface area contributed by atoms with Crippen molar-refractivity contribution >= 4 is 52.6 Å². The van der Waals surface area contributed by atoms with E-state index < -0.39 is 0 Å². The van der Waals surface area contributed by atoms with Crippen molar-refractivity contribution < 1.29 is 9.21 Å². The molecular formula is C23H18Cl2N4O2S. The standard InChI is InChI=1S/C23H18Cl2N4O2S/c1-14-26-23(29-28-14)32-13-15-2-5-17(6-3-15)27-22(30)11-8-18-7-10-21(31-18)19-9-4-16(24)12-20(19)25/h2-12H,13H2,1H3,(H,27,30)(H,26,28,29)/b11-8+. The number of hydrogen-bond acceptors (Lipinski definition) is 5. The molecule has 0 atom stereocenters. The maximum atomic E-state index is 12.3. The molecule has 0 bridgehead atoms. The number of aryl methyl sites for hydroxylation is 1. The molecule has 0 unspecified atom stereocenters. The number of nitrogens with zero attached hydrogens (tertiary/aromatic N) is 2. The van der Waals surface area contributed by atoms with E-state index in [1.54, 1.807) is 48.2 Å². The fourth-order valence-corrected chi connectivity index (χ4v) is 4.14. The Morgan fingerprint density at radius 2 is 1.97 bits per heavy atom. The molecule has 4 rings (SSSR count). The van der Waals surface area contributed by atoms with Gasteiger partial charge < -0.3 is 9.73 Å². The lowest BCUT2D eigenvalue weighted by Gasteiger charge is -2.04. The van der Waals surface area contributed by atoms with E-state index in [1.165, 1.54) is 6.08 Å². The molecule has 9 heteroatoms. The SMILES string of the molecule is Cc1nc(SCc2ccc(NC(=O)/C=C/c3ccc(-c4ccc(Cl)cc4Cl)o3)cc2)n[nH]1. The Balaban J connectivity index is 1.32. The maximum Gasteiger partial charge on any atom is 0.248 e. The predicted molar refractivity (Wildman–Crippen MR) is 129 cm³/mol. The number of thioether (sulfide) groups is 1. The Labute approximate surface area is 199 Å². The van der Waals surface area contributed by atoms with Gasteiger partial charge in [0.25, 0.3) is 0 Å². The van der Waals surface area contributed by atoms with Crippen LogP contribution in [-0.2, 0) is 10.5 Å². The first kappa shape index (κ1) is 22.2. The number of nitrogens with one attached hydrogen (secondary N) is 2. The van der Waals surface area contributed by atoms with Crippen molar-refractivity contribution in [1.82, 2.24) is 15.2 Å². The van der Waals surface area contributed by atoms with Crippen LogP contribution in [0.15, 0.2) is 70.2 Å². The number of furan rings is 1. The zero-order valence-electron chi connectivity index (χ0n) is 16.9. The Hall–Kier alpha value is -3.00. The van der Waals surface area contributed by atoms with Gasteiger partial charge in [-0.2, -0.15) is 0 Å². The smallest absolute Gasteiger partial charge is 0.248 e. The third-order valence-corrected chi connectivity index (χ3v) is 5.85. The molecule has 0 aliphatic carbocycles. The summed E-state index contributed by atoms with van der Waals surface area (Å²) in [5.41, 5.74) is 2.54. The van der Waals surface area contributed by atoms with Gasteiger partial charge in [0.1, 0.15) is 17.3 Å². The van der Waals surface area contributed by atoms with Crippen LogP contribution in [0.2, 0.25) is 10.0 Å².